The van der Waals surface area contributed by atoms with Crippen LogP contribution in [0.25, 0.3) is 0 Å². The Morgan fingerprint density at radius 3 is 2.35 bits per heavy atom. The number of benzene rings is 1. The van der Waals surface area contributed by atoms with Gasteiger partial charge in [0.15, 0.2) is 11.6 Å². The van der Waals surface area contributed by atoms with Crippen molar-refractivity contribution in [1.82, 2.24) is 4.98 Å². The molecule has 0 aliphatic heterocycles. The van der Waals surface area contributed by atoms with E-state index in [0.29, 0.717) is 12.1 Å². The van der Waals surface area contributed by atoms with Crippen molar-refractivity contribution in [3.05, 3.63) is 57.0 Å². The first-order chi connectivity index (χ1) is 9.38. The summed E-state index contributed by atoms with van der Waals surface area (Å²) >= 11 is 5.57. The predicted octanol–water partition coefficient (Wildman–Crippen LogP) is 3.80. The highest BCUT2D eigenvalue weighted by Gasteiger charge is 2.19. The number of halogens is 4. The molecule has 0 amide bonds. The number of rotatable bonds is 3. The normalized spacial score (nSPS) is 10.4. The number of hydrogen-bond acceptors (Lipinski definition) is 4. The number of nitrogens with one attached hydrogen (secondary N) is 1. The Morgan fingerprint density at radius 2 is 1.80 bits per heavy atom. The predicted molar refractivity (Wildman–Crippen MR) is 65.5 cm³/mol. The molecule has 1 N–H and O–H groups in total. The van der Waals surface area contributed by atoms with Crippen LogP contribution in [0.1, 0.15) is 0 Å². The van der Waals surface area contributed by atoms with Crippen molar-refractivity contribution in [2.24, 2.45) is 0 Å². The van der Waals surface area contributed by atoms with E-state index in [-0.39, 0.29) is 5.15 Å². The lowest BCUT2D eigenvalue weighted by molar-refractivity contribution is -0.384. The Labute approximate surface area is 115 Å². The summed E-state index contributed by atoms with van der Waals surface area (Å²) in [6.45, 7) is 0. The molecule has 20 heavy (non-hydrogen) atoms. The van der Waals surface area contributed by atoms with E-state index >= 15 is 0 Å². The minimum Gasteiger partial charge on any atom is -0.330 e. The van der Waals surface area contributed by atoms with Crippen LogP contribution in [0.2, 0.25) is 5.15 Å². The van der Waals surface area contributed by atoms with Crippen LogP contribution in [0, 0.1) is 27.6 Å². The second-order valence-electron chi connectivity index (χ2n) is 3.63. The molecule has 2 aromatic rings. The minimum absolute atomic E-state index is 0.110. The Kier molecular flexibility index (Phi) is 3.75. The van der Waals surface area contributed by atoms with Gasteiger partial charge in [-0.2, -0.15) is 0 Å². The number of hydrogen-bond donors (Lipinski definition) is 1. The topological polar surface area (TPSA) is 68.1 Å². The van der Waals surface area contributed by atoms with Gasteiger partial charge in [0.2, 0.25) is 5.82 Å². The van der Waals surface area contributed by atoms with Crippen LogP contribution in [0.4, 0.5) is 30.4 Å². The van der Waals surface area contributed by atoms with Crippen LogP contribution in [-0.2, 0) is 0 Å². The standard InChI is InChI=1S/C11H5ClF3N3O2/c12-9-2-1-8(18(19)20)11(16-9)17-10-6(14)3-5(13)4-7(10)15/h1-4H,(H,16,17). The maximum absolute atomic E-state index is 13.5. The first-order valence-electron chi connectivity index (χ1n) is 5.11. The minimum atomic E-state index is -1.25. The summed E-state index contributed by atoms with van der Waals surface area (Å²) in [7, 11) is 0. The Hall–Kier alpha value is -2.35. The molecular formula is C11H5ClF3N3O2. The molecule has 0 spiro atoms. The van der Waals surface area contributed by atoms with Crippen LogP contribution in [0.15, 0.2) is 24.3 Å². The summed E-state index contributed by atoms with van der Waals surface area (Å²) in [5.41, 5.74) is -1.29. The number of pyridine rings is 1. The van der Waals surface area contributed by atoms with E-state index in [9.17, 15) is 23.3 Å². The highest BCUT2D eigenvalue weighted by Crippen LogP contribution is 2.30. The van der Waals surface area contributed by atoms with Gasteiger partial charge in [-0.25, -0.2) is 18.2 Å². The zero-order valence-corrected chi connectivity index (χ0v) is 10.3. The summed E-state index contributed by atoms with van der Waals surface area (Å²) in [6, 6.07) is 3.04. The Morgan fingerprint density at radius 1 is 1.20 bits per heavy atom. The number of nitro groups is 1. The fraction of sp³-hybridized carbons (Fsp3) is 0. The van der Waals surface area contributed by atoms with E-state index in [1.54, 1.807) is 0 Å². The van der Waals surface area contributed by atoms with Gasteiger partial charge in [0.25, 0.3) is 0 Å². The number of aromatic nitrogens is 1. The largest absolute Gasteiger partial charge is 0.330 e. The maximum atomic E-state index is 13.5. The van der Waals surface area contributed by atoms with Gasteiger partial charge in [-0.15, -0.1) is 0 Å². The van der Waals surface area contributed by atoms with Crippen molar-refractivity contribution < 1.29 is 18.1 Å². The summed E-state index contributed by atoms with van der Waals surface area (Å²) in [6.07, 6.45) is 0. The second kappa shape index (κ2) is 5.33. The summed E-state index contributed by atoms with van der Waals surface area (Å²) in [5, 5.41) is 12.8. The molecule has 0 aliphatic rings. The molecule has 5 nitrogen and oxygen atoms in total. The highest BCUT2D eigenvalue weighted by atomic mass is 35.5. The van der Waals surface area contributed by atoms with Crippen LogP contribution in [0.3, 0.4) is 0 Å². The van der Waals surface area contributed by atoms with E-state index in [4.69, 9.17) is 11.6 Å². The molecular weight excluding hydrogens is 299 g/mol. The van der Waals surface area contributed by atoms with Gasteiger partial charge in [0.05, 0.1) is 4.92 Å². The lowest BCUT2D eigenvalue weighted by atomic mass is 10.2. The zero-order valence-electron chi connectivity index (χ0n) is 9.53. The average Bonchev–Trinajstić information content (AvgIpc) is 2.33. The van der Waals surface area contributed by atoms with Crippen molar-refractivity contribution in [2.45, 2.75) is 0 Å². The third kappa shape index (κ3) is 2.80. The molecule has 0 bridgehead atoms. The van der Waals surface area contributed by atoms with Gasteiger partial charge in [-0.3, -0.25) is 10.1 Å². The fourth-order valence-electron chi connectivity index (χ4n) is 1.45. The van der Waals surface area contributed by atoms with Crippen molar-refractivity contribution in [2.75, 3.05) is 5.32 Å². The SMILES string of the molecule is O=[N+]([O-])c1ccc(Cl)nc1Nc1c(F)cc(F)cc1F. The molecule has 2 rings (SSSR count). The van der Waals surface area contributed by atoms with Crippen molar-refractivity contribution in [1.29, 1.82) is 0 Å². The summed E-state index contributed by atoms with van der Waals surface area (Å²) < 4.78 is 39.7. The van der Waals surface area contributed by atoms with Gasteiger partial charge in [0.1, 0.15) is 16.7 Å². The van der Waals surface area contributed by atoms with Crippen LogP contribution in [-0.4, -0.2) is 9.91 Å². The van der Waals surface area contributed by atoms with E-state index in [1.807, 2.05) is 0 Å². The molecule has 0 fully saturated rings. The van der Waals surface area contributed by atoms with Crippen LogP contribution < -0.4 is 5.32 Å². The summed E-state index contributed by atoms with van der Waals surface area (Å²) in [5.74, 6) is -4.07. The maximum Gasteiger partial charge on any atom is 0.311 e. The smallest absolute Gasteiger partial charge is 0.311 e. The summed E-state index contributed by atoms with van der Waals surface area (Å²) in [4.78, 5) is 13.6. The lowest BCUT2D eigenvalue weighted by Gasteiger charge is -2.08. The van der Waals surface area contributed by atoms with Gasteiger partial charge in [-0.05, 0) is 6.07 Å². The molecule has 0 unspecified atom stereocenters. The number of anilines is 2. The molecule has 104 valence electrons. The molecule has 0 saturated carbocycles. The quantitative estimate of drug-likeness (QED) is 0.532. The molecule has 9 heteroatoms. The third-order valence-corrected chi connectivity index (χ3v) is 2.50. The molecule has 1 aromatic carbocycles. The second-order valence-corrected chi connectivity index (χ2v) is 4.02. The lowest BCUT2D eigenvalue weighted by Crippen LogP contribution is -2.03. The monoisotopic (exact) mass is 303 g/mol. The van der Waals surface area contributed by atoms with E-state index in [1.165, 1.54) is 0 Å². The molecule has 0 atom stereocenters. The van der Waals surface area contributed by atoms with Crippen LogP contribution >= 0.6 is 11.6 Å². The zero-order chi connectivity index (χ0) is 14.9. The van der Waals surface area contributed by atoms with E-state index < -0.39 is 39.6 Å². The molecule has 0 aliphatic carbocycles. The highest BCUT2D eigenvalue weighted by molar-refractivity contribution is 6.29. The van der Waals surface area contributed by atoms with Gasteiger partial charge in [-0.1, -0.05) is 11.6 Å². The van der Waals surface area contributed by atoms with Crippen LogP contribution in [0.5, 0.6) is 0 Å². The molecule has 0 radical (unpaired) electrons. The Bertz CT molecular complexity index is 674. The van der Waals surface area contributed by atoms with E-state index in [0.717, 1.165) is 12.1 Å². The Balaban J connectivity index is 2.50. The van der Waals surface area contributed by atoms with Crippen molar-refractivity contribution in [3.8, 4) is 0 Å². The van der Waals surface area contributed by atoms with Crippen molar-refractivity contribution in [3.63, 3.8) is 0 Å². The molecule has 1 aromatic heterocycles. The fourth-order valence-corrected chi connectivity index (χ4v) is 1.59. The van der Waals surface area contributed by atoms with Gasteiger partial charge >= 0.3 is 5.69 Å². The third-order valence-electron chi connectivity index (χ3n) is 2.29. The first-order valence-corrected chi connectivity index (χ1v) is 5.49. The first kappa shape index (κ1) is 14.1. The van der Waals surface area contributed by atoms with E-state index in [2.05, 4.69) is 10.3 Å². The van der Waals surface area contributed by atoms with Gasteiger partial charge in [0, 0.05) is 18.2 Å². The van der Waals surface area contributed by atoms with Crippen molar-refractivity contribution >= 4 is 28.8 Å². The van der Waals surface area contributed by atoms with Gasteiger partial charge < -0.3 is 5.32 Å². The number of nitrogens with zero attached hydrogens (tertiary/aromatic N) is 2. The molecule has 0 saturated heterocycles. The average molecular weight is 304 g/mol. The molecule has 1 heterocycles.